The quantitative estimate of drug-likeness (QED) is 0.868. The number of fused-ring (bicyclic) bond motifs is 1. The molecule has 0 saturated carbocycles. The number of aliphatic hydroxyl groups is 1. The van der Waals surface area contributed by atoms with E-state index < -0.39 is 6.29 Å². The van der Waals surface area contributed by atoms with E-state index in [1.165, 1.54) is 19.3 Å². The van der Waals surface area contributed by atoms with Crippen LogP contribution >= 0.6 is 0 Å². The van der Waals surface area contributed by atoms with E-state index in [0.717, 1.165) is 29.6 Å². The second-order valence-corrected chi connectivity index (χ2v) is 5.41. The smallest absolute Gasteiger partial charge is 0.210 e. The lowest BCUT2D eigenvalue weighted by Crippen LogP contribution is -2.38. The summed E-state index contributed by atoms with van der Waals surface area (Å²) < 4.78 is 5.74. The second kappa shape index (κ2) is 6.25. The van der Waals surface area contributed by atoms with E-state index in [-0.39, 0.29) is 0 Å². The first-order chi connectivity index (χ1) is 9.83. The number of β-amino-alcohol motifs (C(OH)–C–C–N with tert-alkyl or cyclic N) is 1. The minimum absolute atomic E-state index is 0.587. The van der Waals surface area contributed by atoms with Crippen molar-refractivity contribution in [3.05, 3.63) is 42.5 Å². The van der Waals surface area contributed by atoms with Crippen molar-refractivity contribution in [2.45, 2.75) is 25.6 Å². The molecule has 3 heteroatoms. The van der Waals surface area contributed by atoms with Gasteiger partial charge in [0.2, 0.25) is 6.29 Å². The summed E-state index contributed by atoms with van der Waals surface area (Å²) in [5.41, 5.74) is 0. The number of rotatable bonds is 4. The molecule has 0 aliphatic carbocycles. The van der Waals surface area contributed by atoms with Crippen molar-refractivity contribution in [2.75, 3.05) is 19.6 Å². The molecule has 1 N–H and O–H groups in total. The van der Waals surface area contributed by atoms with Crippen LogP contribution in [-0.2, 0) is 0 Å². The molecule has 0 unspecified atom stereocenters. The Bertz CT molecular complexity index is 558. The molecule has 2 aromatic carbocycles. The molecule has 1 atom stereocenters. The Kier molecular flexibility index (Phi) is 4.19. The third-order valence-corrected chi connectivity index (χ3v) is 3.88. The van der Waals surface area contributed by atoms with Crippen LogP contribution in [0.15, 0.2) is 42.5 Å². The first-order valence-corrected chi connectivity index (χ1v) is 7.38. The van der Waals surface area contributed by atoms with Gasteiger partial charge < -0.3 is 9.84 Å². The van der Waals surface area contributed by atoms with Crippen LogP contribution < -0.4 is 4.74 Å². The van der Waals surface area contributed by atoms with Crippen LogP contribution in [0, 0.1) is 0 Å². The van der Waals surface area contributed by atoms with Crippen LogP contribution in [0.25, 0.3) is 10.8 Å². The highest BCUT2D eigenvalue weighted by Gasteiger charge is 2.16. The van der Waals surface area contributed by atoms with Gasteiger partial charge in [0.1, 0.15) is 5.75 Å². The van der Waals surface area contributed by atoms with Crippen LogP contribution in [0.3, 0.4) is 0 Å². The van der Waals surface area contributed by atoms with Crippen LogP contribution in [0.2, 0.25) is 0 Å². The van der Waals surface area contributed by atoms with E-state index in [4.69, 9.17) is 4.74 Å². The van der Waals surface area contributed by atoms with Gasteiger partial charge in [-0.1, -0.05) is 42.8 Å². The van der Waals surface area contributed by atoms with E-state index >= 15 is 0 Å². The predicted octanol–water partition coefficient (Wildman–Crippen LogP) is 3.02. The number of ether oxygens (including phenoxy) is 1. The largest absolute Gasteiger partial charge is 0.463 e. The first kappa shape index (κ1) is 13.4. The average molecular weight is 271 g/mol. The number of piperidine rings is 1. The summed E-state index contributed by atoms with van der Waals surface area (Å²) in [6.07, 6.45) is 2.98. The second-order valence-electron chi connectivity index (χ2n) is 5.41. The molecule has 1 aliphatic rings. The molecule has 0 spiro atoms. The van der Waals surface area contributed by atoms with E-state index in [0.29, 0.717) is 6.54 Å². The lowest BCUT2D eigenvalue weighted by atomic mass is 10.1. The third kappa shape index (κ3) is 3.11. The average Bonchev–Trinajstić information content (AvgIpc) is 2.48. The van der Waals surface area contributed by atoms with Crippen molar-refractivity contribution < 1.29 is 9.84 Å². The fraction of sp³-hybridized carbons (Fsp3) is 0.412. The van der Waals surface area contributed by atoms with Gasteiger partial charge in [-0.2, -0.15) is 0 Å². The highest BCUT2D eigenvalue weighted by atomic mass is 16.6. The minimum atomic E-state index is -0.765. The molecule has 1 heterocycles. The molecule has 3 rings (SSSR count). The Labute approximate surface area is 119 Å². The summed E-state index contributed by atoms with van der Waals surface area (Å²) in [6, 6.07) is 14.0. The molecule has 1 aliphatic heterocycles. The highest BCUT2D eigenvalue weighted by molar-refractivity contribution is 5.88. The van der Waals surface area contributed by atoms with Crippen LogP contribution in [-0.4, -0.2) is 35.9 Å². The van der Waals surface area contributed by atoms with Crippen molar-refractivity contribution in [1.29, 1.82) is 0 Å². The molecule has 106 valence electrons. The Morgan fingerprint density at radius 2 is 1.75 bits per heavy atom. The van der Waals surface area contributed by atoms with E-state index in [2.05, 4.69) is 17.0 Å². The Morgan fingerprint density at radius 3 is 2.60 bits per heavy atom. The van der Waals surface area contributed by atoms with E-state index in [1.54, 1.807) is 0 Å². The van der Waals surface area contributed by atoms with Crippen molar-refractivity contribution in [2.24, 2.45) is 0 Å². The number of hydrogen-bond donors (Lipinski definition) is 1. The summed E-state index contributed by atoms with van der Waals surface area (Å²) in [7, 11) is 0. The molecule has 20 heavy (non-hydrogen) atoms. The number of likely N-dealkylation sites (tertiary alicyclic amines) is 1. The van der Waals surface area contributed by atoms with Gasteiger partial charge in [0.05, 0.1) is 6.54 Å². The summed E-state index contributed by atoms with van der Waals surface area (Å²) in [5, 5.41) is 12.3. The van der Waals surface area contributed by atoms with Crippen LogP contribution in [0.4, 0.5) is 0 Å². The number of aliphatic hydroxyl groups excluding tert-OH is 1. The topological polar surface area (TPSA) is 32.7 Å². The molecule has 1 saturated heterocycles. The zero-order valence-corrected chi connectivity index (χ0v) is 11.7. The Balaban J connectivity index is 1.69. The maximum atomic E-state index is 10.2. The van der Waals surface area contributed by atoms with Crippen molar-refractivity contribution in [1.82, 2.24) is 4.90 Å². The van der Waals surface area contributed by atoms with Crippen LogP contribution in [0.1, 0.15) is 19.3 Å². The molecule has 1 fully saturated rings. The number of benzene rings is 2. The minimum Gasteiger partial charge on any atom is -0.463 e. The lowest BCUT2D eigenvalue weighted by molar-refractivity contribution is -0.0428. The monoisotopic (exact) mass is 271 g/mol. The van der Waals surface area contributed by atoms with E-state index in [1.807, 2.05) is 30.3 Å². The molecule has 0 radical (unpaired) electrons. The summed E-state index contributed by atoms with van der Waals surface area (Å²) in [5.74, 6) is 0.757. The van der Waals surface area contributed by atoms with Gasteiger partial charge >= 0.3 is 0 Å². The van der Waals surface area contributed by atoms with E-state index in [9.17, 15) is 5.11 Å². The molecule has 0 aromatic heterocycles. The van der Waals surface area contributed by atoms with Gasteiger partial charge in [0.25, 0.3) is 0 Å². The van der Waals surface area contributed by atoms with Gasteiger partial charge in [-0.3, -0.25) is 4.90 Å². The van der Waals surface area contributed by atoms with Crippen molar-refractivity contribution >= 4 is 10.8 Å². The summed E-state index contributed by atoms with van der Waals surface area (Å²) in [4.78, 5) is 2.28. The molecular formula is C17H21NO2. The molecule has 2 aromatic rings. The van der Waals surface area contributed by atoms with Gasteiger partial charge in [-0.25, -0.2) is 0 Å². The van der Waals surface area contributed by atoms with Gasteiger partial charge in [-0.05, 0) is 37.4 Å². The standard InChI is InChI=1S/C17H21NO2/c19-17(13-18-11-4-1-5-12-18)20-16-10-6-8-14-7-2-3-9-15(14)16/h2-3,6-10,17,19H,1,4-5,11-13H2/t17-/m0/s1. The van der Waals surface area contributed by atoms with Gasteiger partial charge in [-0.15, -0.1) is 0 Å². The maximum Gasteiger partial charge on any atom is 0.210 e. The zero-order valence-electron chi connectivity index (χ0n) is 11.7. The van der Waals surface area contributed by atoms with Crippen LogP contribution in [0.5, 0.6) is 5.75 Å². The lowest BCUT2D eigenvalue weighted by Gasteiger charge is -2.28. The van der Waals surface area contributed by atoms with Gasteiger partial charge in [0, 0.05) is 5.39 Å². The summed E-state index contributed by atoms with van der Waals surface area (Å²) >= 11 is 0. The van der Waals surface area contributed by atoms with Gasteiger partial charge in [0.15, 0.2) is 0 Å². The zero-order chi connectivity index (χ0) is 13.8. The molecule has 3 nitrogen and oxygen atoms in total. The molecule has 0 bridgehead atoms. The third-order valence-electron chi connectivity index (χ3n) is 3.88. The molecule has 0 amide bonds. The number of nitrogens with zero attached hydrogens (tertiary/aromatic N) is 1. The SMILES string of the molecule is O[C@H](CN1CCCCC1)Oc1cccc2ccccc12. The number of hydrogen-bond acceptors (Lipinski definition) is 3. The van der Waals surface area contributed by atoms with Crippen molar-refractivity contribution in [3.8, 4) is 5.75 Å². The van der Waals surface area contributed by atoms with Crippen molar-refractivity contribution in [3.63, 3.8) is 0 Å². The fourth-order valence-electron chi connectivity index (χ4n) is 2.85. The first-order valence-electron chi connectivity index (χ1n) is 7.38. The normalized spacial score (nSPS) is 18.1. The molecular weight excluding hydrogens is 250 g/mol. The fourth-order valence-corrected chi connectivity index (χ4v) is 2.85. The highest BCUT2D eigenvalue weighted by Crippen LogP contribution is 2.26. The maximum absolute atomic E-state index is 10.2. The predicted molar refractivity (Wildman–Crippen MR) is 80.9 cm³/mol. The summed E-state index contributed by atoms with van der Waals surface area (Å²) in [6.45, 7) is 2.72. The Morgan fingerprint density at radius 1 is 1.00 bits per heavy atom. The Hall–Kier alpha value is -1.58.